The second-order valence-corrected chi connectivity index (χ2v) is 10.2. The van der Waals surface area contributed by atoms with Crippen molar-refractivity contribution in [3.05, 3.63) is 65.2 Å². The van der Waals surface area contributed by atoms with E-state index in [2.05, 4.69) is 5.32 Å². The first-order valence-corrected chi connectivity index (χ1v) is 13.1. The number of benzene rings is 2. The van der Waals surface area contributed by atoms with E-state index in [9.17, 15) is 18.0 Å². The number of sulfonamides is 1. The summed E-state index contributed by atoms with van der Waals surface area (Å²) in [6, 6.07) is 14.1. The molecule has 0 aliphatic carbocycles. The predicted molar refractivity (Wildman–Crippen MR) is 132 cm³/mol. The molecule has 1 atom stereocenters. The van der Waals surface area contributed by atoms with Crippen molar-refractivity contribution in [3.63, 3.8) is 0 Å². The van der Waals surface area contributed by atoms with Gasteiger partial charge in [0, 0.05) is 13.1 Å². The highest BCUT2D eigenvalue weighted by Gasteiger charge is 2.31. The van der Waals surface area contributed by atoms with Gasteiger partial charge in [-0.3, -0.25) is 13.9 Å². The molecule has 0 saturated carbocycles. The van der Waals surface area contributed by atoms with Gasteiger partial charge in [0.25, 0.3) is 0 Å². The highest BCUT2D eigenvalue weighted by atomic mass is 32.2. The van der Waals surface area contributed by atoms with Crippen molar-refractivity contribution in [3.8, 4) is 0 Å². The number of amides is 2. The third-order valence-corrected chi connectivity index (χ3v) is 6.56. The van der Waals surface area contributed by atoms with Crippen molar-refractivity contribution >= 4 is 27.5 Å². The number of hydrogen-bond donors (Lipinski definition) is 1. The lowest BCUT2D eigenvalue weighted by Gasteiger charge is -2.33. The summed E-state index contributed by atoms with van der Waals surface area (Å²) in [5.41, 5.74) is 3.12. The highest BCUT2D eigenvalue weighted by Crippen LogP contribution is 2.23. The monoisotopic (exact) mass is 473 g/mol. The Labute approximate surface area is 197 Å². The van der Waals surface area contributed by atoms with Crippen LogP contribution in [0.3, 0.4) is 0 Å². The van der Waals surface area contributed by atoms with Crippen LogP contribution in [0, 0.1) is 13.8 Å². The molecule has 2 aromatic carbocycles. The number of nitrogens with zero attached hydrogens (tertiary/aromatic N) is 2. The maximum atomic E-state index is 13.6. The van der Waals surface area contributed by atoms with Gasteiger partial charge in [0.1, 0.15) is 12.6 Å². The van der Waals surface area contributed by atoms with Crippen molar-refractivity contribution in [1.29, 1.82) is 0 Å². The summed E-state index contributed by atoms with van der Waals surface area (Å²) in [7, 11) is -3.73. The van der Waals surface area contributed by atoms with E-state index in [-0.39, 0.29) is 19.0 Å². The first-order valence-electron chi connectivity index (χ1n) is 11.2. The number of para-hydroxylation sites is 1. The molecule has 0 heterocycles. The van der Waals surface area contributed by atoms with E-state index < -0.39 is 22.0 Å². The van der Waals surface area contributed by atoms with Crippen LogP contribution in [0.25, 0.3) is 0 Å². The van der Waals surface area contributed by atoms with Gasteiger partial charge < -0.3 is 10.2 Å². The minimum absolute atomic E-state index is 0.212. The molecule has 0 spiro atoms. The molecular formula is C25H35N3O4S. The van der Waals surface area contributed by atoms with E-state index in [4.69, 9.17) is 0 Å². The lowest BCUT2D eigenvalue weighted by Crippen LogP contribution is -2.52. The van der Waals surface area contributed by atoms with Gasteiger partial charge in [0.2, 0.25) is 21.8 Å². The van der Waals surface area contributed by atoms with Crippen LogP contribution < -0.4 is 9.62 Å². The number of carbonyl (C=O) groups is 2. The standard InChI is InChI=1S/C25H35N3O4S/c1-6-15-26-25(30)22(7-2)27(17-21-13-10-11-19(3)16-21)24(29)18-28(33(5,31)32)23-14-9-8-12-20(23)4/h8-14,16,22H,6-7,15,17-18H2,1-5H3,(H,26,30)/t22-/m1/s1. The molecule has 0 radical (unpaired) electrons. The maximum absolute atomic E-state index is 13.6. The molecule has 0 aromatic heterocycles. The molecule has 0 aliphatic heterocycles. The van der Waals surface area contributed by atoms with E-state index in [0.717, 1.165) is 33.7 Å². The van der Waals surface area contributed by atoms with Crippen LogP contribution in [0.5, 0.6) is 0 Å². The van der Waals surface area contributed by atoms with E-state index in [1.165, 1.54) is 4.90 Å². The van der Waals surface area contributed by atoms with E-state index >= 15 is 0 Å². The minimum atomic E-state index is -3.73. The van der Waals surface area contributed by atoms with Crippen molar-refractivity contribution in [2.24, 2.45) is 0 Å². The third kappa shape index (κ3) is 7.32. The van der Waals surface area contributed by atoms with Crippen LogP contribution in [0.2, 0.25) is 0 Å². The summed E-state index contributed by atoms with van der Waals surface area (Å²) >= 11 is 0. The lowest BCUT2D eigenvalue weighted by atomic mass is 10.1. The second-order valence-electron chi connectivity index (χ2n) is 8.28. The first-order chi connectivity index (χ1) is 15.6. The molecule has 2 rings (SSSR count). The number of carbonyl (C=O) groups excluding carboxylic acids is 2. The number of hydrogen-bond acceptors (Lipinski definition) is 4. The summed E-state index contributed by atoms with van der Waals surface area (Å²) < 4.78 is 26.4. The van der Waals surface area contributed by atoms with Crippen LogP contribution in [-0.2, 0) is 26.2 Å². The fraction of sp³-hybridized carbons (Fsp3) is 0.440. The van der Waals surface area contributed by atoms with Crippen LogP contribution in [0.4, 0.5) is 5.69 Å². The predicted octanol–water partition coefficient (Wildman–Crippen LogP) is 3.40. The Bertz CT molecular complexity index is 1070. The smallest absolute Gasteiger partial charge is 0.244 e. The zero-order valence-corrected chi connectivity index (χ0v) is 21.0. The van der Waals surface area contributed by atoms with Gasteiger partial charge in [-0.2, -0.15) is 0 Å². The Kier molecular flexibility index (Phi) is 9.46. The molecule has 7 nitrogen and oxygen atoms in total. The Morgan fingerprint density at radius 2 is 1.73 bits per heavy atom. The van der Waals surface area contributed by atoms with Gasteiger partial charge >= 0.3 is 0 Å². The molecule has 0 bridgehead atoms. The molecule has 2 amide bonds. The van der Waals surface area contributed by atoms with Crippen molar-refractivity contribution < 1.29 is 18.0 Å². The molecule has 0 saturated heterocycles. The summed E-state index contributed by atoms with van der Waals surface area (Å²) in [5, 5.41) is 2.88. The third-order valence-electron chi connectivity index (χ3n) is 5.43. The summed E-state index contributed by atoms with van der Waals surface area (Å²) in [6.45, 7) is 7.92. The summed E-state index contributed by atoms with van der Waals surface area (Å²) in [4.78, 5) is 28.0. The Morgan fingerprint density at radius 1 is 1.03 bits per heavy atom. The molecule has 0 unspecified atom stereocenters. The Hall–Kier alpha value is -2.87. The fourth-order valence-corrected chi connectivity index (χ4v) is 4.64. The van der Waals surface area contributed by atoms with Crippen LogP contribution in [-0.4, -0.2) is 50.5 Å². The van der Waals surface area contributed by atoms with Gasteiger partial charge in [-0.15, -0.1) is 0 Å². The van der Waals surface area contributed by atoms with Crippen LogP contribution >= 0.6 is 0 Å². The number of aryl methyl sites for hydroxylation is 2. The average molecular weight is 474 g/mol. The van der Waals surface area contributed by atoms with Gasteiger partial charge in [-0.25, -0.2) is 8.42 Å². The van der Waals surface area contributed by atoms with Gasteiger partial charge in [0.15, 0.2) is 0 Å². The second kappa shape index (κ2) is 11.8. The first kappa shape index (κ1) is 26.4. The Balaban J connectivity index is 2.44. The van der Waals surface area contributed by atoms with Gasteiger partial charge in [-0.1, -0.05) is 61.9 Å². The SMILES string of the molecule is CCCNC(=O)[C@@H](CC)N(Cc1cccc(C)c1)C(=O)CN(c1ccccc1C)S(C)(=O)=O. The van der Waals surface area contributed by atoms with E-state index in [0.29, 0.717) is 18.7 Å². The molecule has 1 N–H and O–H groups in total. The molecular weight excluding hydrogens is 438 g/mol. The molecule has 8 heteroatoms. The zero-order chi connectivity index (χ0) is 24.6. The van der Waals surface area contributed by atoms with E-state index in [1.807, 2.05) is 51.1 Å². The highest BCUT2D eigenvalue weighted by molar-refractivity contribution is 7.92. The van der Waals surface area contributed by atoms with Crippen molar-refractivity contribution in [1.82, 2.24) is 10.2 Å². The topological polar surface area (TPSA) is 86.8 Å². The van der Waals surface area contributed by atoms with Crippen molar-refractivity contribution in [2.75, 3.05) is 23.7 Å². The maximum Gasteiger partial charge on any atom is 0.244 e. The van der Waals surface area contributed by atoms with Gasteiger partial charge in [0.05, 0.1) is 11.9 Å². The van der Waals surface area contributed by atoms with Crippen LogP contribution in [0.15, 0.2) is 48.5 Å². The number of anilines is 1. The molecule has 0 aliphatic rings. The summed E-state index contributed by atoms with van der Waals surface area (Å²) in [6.07, 6.45) is 2.28. The zero-order valence-electron chi connectivity index (χ0n) is 20.2. The molecule has 33 heavy (non-hydrogen) atoms. The van der Waals surface area contributed by atoms with Gasteiger partial charge in [-0.05, 0) is 43.9 Å². The van der Waals surface area contributed by atoms with Crippen LogP contribution in [0.1, 0.15) is 43.4 Å². The van der Waals surface area contributed by atoms with E-state index in [1.54, 1.807) is 25.1 Å². The summed E-state index contributed by atoms with van der Waals surface area (Å²) in [5.74, 6) is -0.661. The fourth-order valence-electron chi connectivity index (χ4n) is 3.73. The normalized spacial score (nSPS) is 12.2. The minimum Gasteiger partial charge on any atom is -0.354 e. The largest absolute Gasteiger partial charge is 0.354 e. The lowest BCUT2D eigenvalue weighted by molar-refractivity contribution is -0.140. The number of nitrogens with one attached hydrogen (secondary N) is 1. The quantitative estimate of drug-likeness (QED) is 0.542. The molecule has 2 aromatic rings. The average Bonchev–Trinajstić information content (AvgIpc) is 2.75. The molecule has 180 valence electrons. The Morgan fingerprint density at radius 3 is 2.30 bits per heavy atom. The van der Waals surface area contributed by atoms with Crippen molar-refractivity contribution in [2.45, 2.75) is 53.1 Å². The number of rotatable bonds is 11. The molecule has 0 fully saturated rings.